The Labute approximate surface area is 116 Å². The number of amides is 1. The molecule has 0 saturated carbocycles. The van der Waals surface area contributed by atoms with Crippen LogP contribution in [0.1, 0.15) is 37.3 Å². The lowest BCUT2D eigenvalue weighted by Gasteiger charge is -2.23. The monoisotopic (exact) mass is 260 g/mol. The first kappa shape index (κ1) is 14.1. The Morgan fingerprint density at radius 3 is 2.74 bits per heavy atom. The highest BCUT2D eigenvalue weighted by Crippen LogP contribution is 2.26. The number of carbonyl (C=O) groups excluding carboxylic acids is 1. The molecule has 1 saturated heterocycles. The van der Waals surface area contributed by atoms with E-state index < -0.39 is 0 Å². The summed E-state index contributed by atoms with van der Waals surface area (Å²) in [6.45, 7) is 8.19. The molecule has 1 unspecified atom stereocenters. The SMILES string of the molecule is Cc1ccc(C(C)C)cc1N(C)C(=O)C1CCNC1. The van der Waals surface area contributed by atoms with Gasteiger partial charge in [-0.15, -0.1) is 0 Å². The van der Waals surface area contributed by atoms with Crippen molar-refractivity contribution in [3.05, 3.63) is 29.3 Å². The van der Waals surface area contributed by atoms with Crippen LogP contribution in [-0.2, 0) is 4.79 Å². The second kappa shape index (κ2) is 5.74. The molecular formula is C16H24N2O. The normalized spacial score (nSPS) is 18.9. The summed E-state index contributed by atoms with van der Waals surface area (Å²) in [5, 5.41) is 3.26. The average molecular weight is 260 g/mol. The highest BCUT2D eigenvalue weighted by atomic mass is 16.2. The van der Waals surface area contributed by atoms with Gasteiger partial charge < -0.3 is 10.2 Å². The van der Waals surface area contributed by atoms with Crippen LogP contribution in [0.3, 0.4) is 0 Å². The minimum absolute atomic E-state index is 0.132. The molecule has 3 nitrogen and oxygen atoms in total. The lowest BCUT2D eigenvalue weighted by atomic mass is 9.99. The number of anilines is 1. The fourth-order valence-electron chi connectivity index (χ4n) is 2.60. The van der Waals surface area contributed by atoms with Gasteiger partial charge in [0.05, 0.1) is 5.92 Å². The summed E-state index contributed by atoms with van der Waals surface area (Å²) in [5.74, 6) is 0.845. The van der Waals surface area contributed by atoms with Crippen molar-refractivity contribution in [2.24, 2.45) is 5.92 Å². The Bertz CT molecular complexity index is 462. The second-order valence-electron chi connectivity index (χ2n) is 5.79. The van der Waals surface area contributed by atoms with Gasteiger partial charge in [-0.1, -0.05) is 26.0 Å². The largest absolute Gasteiger partial charge is 0.316 e. The first-order valence-electron chi connectivity index (χ1n) is 7.09. The molecule has 3 heteroatoms. The van der Waals surface area contributed by atoms with Gasteiger partial charge in [-0.2, -0.15) is 0 Å². The molecule has 0 bridgehead atoms. The molecule has 1 N–H and O–H groups in total. The standard InChI is InChI=1S/C16H24N2O/c1-11(2)13-6-5-12(3)15(9-13)18(4)16(19)14-7-8-17-10-14/h5-6,9,11,14,17H,7-8,10H2,1-4H3. The molecule has 1 aliphatic heterocycles. The smallest absolute Gasteiger partial charge is 0.231 e. The first-order valence-corrected chi connectivity index (χ1v) is 7.09. The third kappa shape index (κ3) is 2.98. The van der Waals surface area contributed by atoms with Crippen molar-refractivity contribution in [2.45, 2.75) is 33.1 Å². The number of nitrogens with one attached hydrogen (secondary N) is 1. The maximum atomic E-state index is 12.5. The molecule has 19 heavy (non-hydrogen) atoms. The van der Waals surface area contributed by atoms with Crippen molar-refractivity contribution in [1.29, 1.82) is 0 Å². The summed E-state index contributed by atoms with van der Waals surface area (Å²) >= 11 is 0. The Morgan fingerprint density at radius 2 is 2.16 bits per heavy atom. The zero-order valence-electron chi connectivity index (χ0n) is 12.4. The van der Waals surface area contributed by atoms with E-state index in [0.717, 1.165) is 30.8 Å². The fourth-order valence-corrected chi connectivity index (χ4v) is 2.60. The van der Waals surface area contributed by atoms with E-state index in [1.165, 1.54) is 5.56 Å². The summed E-state index contributed by atoms with van der Waals surface area (Å²) in [4.78, 5) is 14.3. The van der Waals surface area contributed by atoms with Crippen molar-refractivity contribution in [3.8, 4) is 0 Å². The van der Waals surface area contributed by atoms with Gasteiger partial charge in [-0.3, -0.25) is 4.79 Å². The van der Waals surface area contributed by atoms with E-state index in [1.807, 2.05) is 11.9 Å². The van der Waals surface area contributed by atoms with Gasteiger partial charge in [-0.25, -0.2) is 0 Å². The number of benzene rings is 1. The molecule has 1 aromatic rings. The van der Waals surface area contributed by atoms with Gasteiger partial charge >= 0.3 is 0 Å². The maximum Gasteiger partial charge on any atom is 0.231 e. The predicted octanol–water partition coefficient (Wildman–Crippen LogP) is 2.69. The zero-order valence-corrected chi connectivity index (χ0v) is 12.4. The van der Waals surface area contributed by atoms with Crippen LogP contribution >= 0.6 is 0 Å². The van der Waals surface area contributed by atoms with E-state index in [-0.39, 0.29) is 11.8 Å². The summed E-state index contributed by atoms with van der Waals surface area (Å²) in [6, 6.07) is 6.42. The number of nitrogens with zero attached hydrogens (tertiary/aromatic N) is 1. The van der Waals surface area contributed by atoms with Crippen molar-refractivity contribution in [2.75, 3.05) is 25.0 Å². The van der Waals surface area contributed by atoms with Crippen LogP contribution in [0.4, 0.5) is 5.69 Å². The average Bonchev–Trinajstić information content (AvgIpc) is 2.91. The second-order valence-corrected chi connectivity index (χ2v) is 5.79. The minimum atomic E-state index is 0.132. The van der Waals surface area contributed by atoms with Gasteiger partial charge in [0.2, 0.25) is 5.91 Å². The molecule has 0 aliphatic carbocycles. The highest BCUT2D eigenvalue weighted by molar-refractivity contribution is 5.95. The van der Waals surface area contributed by atoms with E-state index in [4.69, 9.17) is 0 Å². The Balaban J connectivity index is 2.24. The van der Waals surface area contributed by atoms with Crippen molar-refractivity contribution in [3.63, 3.8) is 0 Å². The van der Waals surface area contributed by atoms with Crippen molar-refractivity contribution in [1.82, 2.24) is 5.32 Å². The lowest BCUT2D eigenvalue weighted by Crippen LogP contribution is -2.34. The van der Waals surface area contributed by atoms with Crippen LogP contribution in [-0.4, -0.2) is 26.0 Å². The van der Waals surface area contributed by atoms with E-state index in [9.17, 15) is 4.79 Å². The third-order valence-electron chi connectivity index (χ3n) is 4.00. The minimum Gasteiger partial charge on any atom is -0.316 e. The molecule has 1 atom stereocenters. The summed E-state index contributed by atoms with van der Waals surface area (Å²) < 4.78 is 0. The molecule has 2 rings (SSSR count). The maximum absolute atomic E-state index is 12.5. The fraction of sp³-hybridized carbons (Fsp3) is 0.562. The predicted molar refractivity (Wildman–Crippen MR) is 79.7 cm³/mol. The molecule has 1 heterocycles. The summed E-state index contributed by atoms with van der Waals surface area (Å²) in [7, 11) is 1.90. The number of rotatable bonds is 3. The molecule has 0 radical (unpaired) electrons. The quantitative estimate of drug-likeness (QED) is 0.906. The number of hydrogen-bond acceptors (Lipinski definition) is 2. The first-order chi connectivity index (χ1) is 9.00. The van der Waals surface area contributed by atoms with E-state index in [1.54, 1.807) is 0 Å². The molecule has 1 amide bonds. The van der Waals surface area contributed by atoms with Crippen LogP contribution in [0.2, 0.25) is 0 Å². The van der Waals surface area contributed by atoms with Crippen LogP contribution in [0.5, 0.6) is 0 Å². The number of carbonyl (C=O) groups is 1. The van der Waals surface area contributed by atoms with Crippen LogP contribution in [0.15, 0.2) is 18.2 Å². The lowest BCUT2D eigenvalue weighted by molar-refractivity contribution is -0.121. The zero-order chi connectivity index (χ0) is 14.0. The van der Waals surface area contributed by atoms with Gasteiger partial charge in [0.15, 0.2) is 0 Å². The molecular weight excluding hydrogens is 236 g/mol. The molecule has 1 aromatic carbocycles. The van der Waals surface area contributed by atoms with Crippen molar-refractivity contribution >= 4 is 11.6 Å². The van der Waals surface area contributed by atoms with Gasteiger partial charge in [0.1, 0.15) is 0 Å². The molecule has 104 valence electrons. The molecule has 0 spiro atoms. The molecule has 1 aliphatic rings. The van der Waals surface area contributed by atoms with E-state index >= 15 is 0 Å². The Kier molecular flexibility index (Phi) is 4.25. The van der Waals surface area contributed by atoms with E-state index in [2.05, 4.69) is 44.3 Å². The van der Waals surface area contributed by atoms with Crippen LogP contribution in [0, 0.1) is 12.8 Å². The van der Waals surface area contributed by atoms with Gasteiger partial charge in [0.25, 0.3) is 0 Å². The van der Waals surface area contributed by atoms with Crippen LogP contribution in [0.25, 0.3) is 0 Å². The number of aryl methyl sites for hydroxylation is 1. The Hall–Kier alpha value is -1.35. The van der Waals surface area contributed by atoms with E-state index in [0.29, 0.717) is 5.92 Å². The van der Waals surface area contributed by atoms with Crippen molar-refractivity contribution < 1.29 is 4.79 Å². The highest BCUT2D eigenvalue weighted by Gasteiger charge is 2.26. The Morgan fingerprint density at radius 1 is 1.42 bits per heavy atom. The number of hydrogen-bond donors (Lipinski definition) is 1. The summed E-state index contributed by atoms with van der Waals surface area (Å²) in [6.07, 6.45) is 0.950. The summed E-state index contributed by atoms with van der Waals surface area (Å²) in [5.41, 5.74) is 3.49. The van der Waals surface area contributed by atoms with Gasteiger partial charge in [-0.05, 0) is 43.0 Å². The molecule has 1 fully saturated rings. The topological polar surface area (TPSA) is 32.3 Å². The van der Waals surface area contributed by atoms with Crippen LogP contribution < -0.4 is 10.2 Å². The third-order valence-corrected chi connectivity index (χ3v) is 4.00. The molecule has 0 aromatic heterocycles. The van der Waals surface area contributed by atoms with Gasteiger partial charge in [0, 0.05) is 19.3 Å².